The van der Waals surface area contributed by atoms with E-state index in [4.69, 9.17) is 5.11 Å². The summed E-state index contributed by atoms with van der Waals surface area (Å²) in [4.78, 5) is 24.2. The summed E-state index contributed by atoms with van der Waals surface area (Å²) in [5.74, 6) is -7.26. The zero-order valence-corrected chi connectivity index (χ0v) is 10.6. The zero-order chi connectivity index (χ0) is 15.0. The largest absolute Gasteiger partial charge is 0.481 e. The maximum atomic E-state index is 13.6. The van der Waals surface area contributed by atoms with Crippen LogP contribution < -0.4 is 0 Å². The summed E-state index contributed by atoms with van der Waals surface area (Å²) in [6, 6.07) is 0.894. The van der Waals surface area contributed by atoms with Crippen LogP contribution in [0.3, 0.4) is 0 Å². The van der Waals surface area contributed by atoms with E-state index in [1.807, 2.05) is 0 Å². The Morgan fingerprint density at radius 3 is 2.45 bits per heavy atom. The Labute approximate surface area is 112 Å². The number of benzene rings is 1. The molecule has 1 N–H and O–H groups in total. The molecule has 108 valence electrons. The first-order valence-electron chi connectivity index (χ1n) is 6.02. The van der Waals surface area contributed by atoms with E-state index in [1.54, 1.807) is 0 Å². The fourth-order valence-corrected chi connectivity index (χ4v) is 2.40. The van der Waals surface area contributed by atoms with Gasteiger partial charge >= 0.3 is 5.97 Å². The molecule has 0 aromatic heterocycles. The highest BCUT2D eigenvalue weighted by molar-refractivity contribution is 5.95. The molecule has 1 aromatic carbocycles. The van der Waals surface area contributed by atoms with Gasteiger partial charge in [0.2, 0.25) is 0 Å². The van der Waals surface area contributed by atoms with E-state index < -0.39 is 46.9 Å². The molecule has 2 unspecified atom stereocenters. The van der Waals surface area contributed by atoms with E-state index in [1.165, 1.54) is 6.92 Å². The Morgan fingerprint density at radius 1 is 1.25 bits per heavy atom. The Kier molecular flexibility index (Phi) is 3.69. The number of hydrogen-bond donors (Lipinski definition) is 1. The van der Waals surface area contributed by atoms with Crippen LogP contribution in [0.4, 0.5) is 13.2 Å². The quantitative estimate of drug-likeness (QED) is 0.847. The number of aliphatic carboxylic acids is 1. The van der Waals surface area contributed by atoms with Gasteiger partial charge in [-0.1, -0.05) is 0 Å². The normalized spacial score (nSPS) is 22.1. The van der Waals surface area contributed by atoms with Crippen LogP contribution in [0.25, 0.3) is 0 Å². The van der Waals surface area contributed by atoms with Gasteiger partial charge in [-0.25, -0.2) is 13.2 Å². The number of halogens is 3. The number of likely N-dealkylation sites (tertiary alicyclic amines) is 1. The first-order valence-corrected chi connectivity index (χ1v) is 6.02. The van der Waals surface area contributed by atoms with Crippen molar-refractivity contribution >= 4 is 11.9 Å². The van der Waals surface area contributed by atoms with Gasteiger partial charge in [-0.2, -0.15) is 0 Å². The first-order chi connectivity index (χ1) is 9.34. The molecule has 0 radical (unpaired) electrons. The van der Waals surface area contributed by atoms with Crippen LogP contribution in [0, 0.1) is 23.4 Å². The number of carboxylic acid groups (broad SMARTS) is 1. The van der Waals surface area contributed by atoms with E-state index >= 15 is 0 Å². The van der Waals surface area contributed by atoms with Crippen LogP contribution in [0.1, 0.15) is 23.7 Å². The molecule has 20 heavy (non-hydrogen) atoms. The lowest BCUT2D eigenvalue weighted by Crippen LogP contribution is -2.38. The molecule has 1 aliphatic heterocycles. The Bertz CT molecular complexity index is 576. The Balaban J connectivity index is 2.29. The van der Waals surface area contributed by atoms with Gasteiger partial charge in [0.15, 0.2) is 17.5 Å². The minimum absolute atomic E-state index is 0.134. The number of rotatable bonds is 2. The molecule has 0 saturated carbocycles. The van der Waals surface area contributed by atoms with Crippen molar-refractivity contribution in [1.82, 2.24) is 4.90 Å². The second kappa shape index (κ2) is 5.15. The lowest BCUT2D eigenvalue weighted by molar-refractivity contribution is -0.142. The highest BCUT2D eigenvalue weighted by Crippen LogP contribution is 2.27. The molecule has 1 amide bonds. The predicted octanol–water partition coefficient (Wildman–Crippen LogP) is 2.04. The van der Waals surface area contributed by atoms with Gasteiger partial charge in [0, 0.05) is 12.6 Å². The summed E-state index contributed by atoms with van der Waals surface area (Å²) in [6.45, 7) is 1.66. The van der Waals surface area contributed by atoms with Gasteiger partial charge in [-0.15, -0.1) is 0 Å². The third-order valence-electron chi connectivity index (χ3n) is 3.60. The standard InChI is InChI=1S/C13H12F3NO3/c1-6-7(13(19)20)4-5-17(6)12(18)8-2-3-9(14)11(16)10(8)15/h2-3,6-7H,4-5H2,1H3,(H,19,20). The lowest BCUT2D eigenvalue weighted by Gasteiger charge is -2.23. The maximum Gasteiger partial charge on any atom is 0.308 e. The molecule has 1 aliphatic rings. The van der Waals surface area contributed by atoms with Crippen molar-refractivity contribution in [2.24, 2.45) is 5.92 Å². The summed E-state index contributed by atoms with van der Waals surface area (Å²) in [7, 11) is 0. The number of carboxylic acids is 1. The molecule has 0 aliphatic carbocycles. The third kappa shape index (κ3) is 2.23. The molecule has 4 nitrogen and oxygen atoms in total. The van der Waals surface area contributed by atoms with Crippen molar-refractivity contribution in [2.75, 3.05) is 6.54 Å². The smallest absolute Gasteiger partial charge is 0.308 e. The second-order valence-corrected chi connectivity index (χ2v) is 4.70. The number of hydrogen-bond acceptors (Lipinski definition) is 2. The van der Waals surface area contributed by atoms with E-state index in [9.17, 15) is 22.8 Å². The predicted molar refractivity (Wildman–Crippen MR) is 62.6 cm³/mol. The molecule has 1 aromatic rings. The van der Waals surface area contributed by atoms with Crippen molar-refractivity contribution in [3.63, 3.8) is 0 Å². The van der Waals surface area contributed by atoms with Crippen LogP contribution in [0.2, 0.25) is 0 Å². The highest BCUT2D eigenvalue weighted by atomic mass is 19.2. The lowest BCUT2D eigenvalue weighted by atomic mass is 10.0. The van der Waals surface area contributed by atoms with E-state index in [0.717, 1.165) is 11.0 Å². The van der Waals surface area contributed by atoms with E-state index in [-0.39, 0.29) is 13.0 Å². The highest BCUT2D eigenvalue weighted by Gasteiger charge is 2.39. The van der Waals surface area contributed by atoms with Gasteiger partial charge < -0.3 is 10.0 Å². The number of amides is 1. The molecule has 2 atom stereocenters. The van der Waals surface area contributed by atoms with E-state index in [0.29, 0.717) is 6.07 Å². The molecule has 0 bridgehead atoms. The van der Waals surface area contributed by atoms with Gasteiger partial charge in [-0.05, 0) is 25.5 Å². The summed E-state index contributed by atoms with van der Waals surface area (Å²) in [6.07, 6.45) is 0.244. The summed E-state index contributed by atoms with van der Waals surface area (Å²) < 4.78 is 39.5. The molecular formula is C13H12F3NO3. The van der Waals surface area contributed by atoms with Crippen LogP contribution in [-0.2, 0) is 4.79 Å². The second-order valence-electron chi connectivity index (χ2n) is 4.70. The van der Waals surface area contributed by atoms with Crippen LogP contribution in [-0.4, -0.2) is 34.5 Å². The number of nitrogens with zero attached hydrogens (tertiary/aromatic N) is 1. The van der Waals surface area contributed by atoms with Crippen LogP contribution in [0.15, 0.2) is 12.1 Å². The fraction of sp³-hybridized carbons (Fsp3) is 0.385. The molecular weight excluding hydrogens is 275 g/mol. The van der Waals surface area contributed by atoms with Gasteiger partial charge in [0.25, 0.3) is 5.91 Å². The summed E-state index contributed by atoms with van der Waals surface area (Å²) in [5, 5.41) is 8.97. The first kappa shape index (κ1) is 14.4. The van der Waals surface area contributed by atoms with Gasteiger partial charge in [-0.3, -0.25) is 9.59 Å². The Morgan fingerprint density at radius 2 is 1.90 bits per heavy atom. The number of carbonyl (C=O) groups excluding carboxylic acids is 1. The average molecular weight is 287 g/mol. The van der Waals surface area contributed by atoms with Crippen molar-refractivity contribution in [1.29, 1.82) is 0 Å². The molecule has 1 fully saturated rings. The van der Waals surface area contributed by atoms with Gasteiger partial charge in [0.1, 0.15) is 0 Å². The topological polar surface area (TPSA) is 57.6 Å². The van der Waals surface area contributed by atoms with Crippen molar-refractivity contribution < 1.29 is 27.9 Å². The monoisotopic (exact) mass is 287 g/mol. The molecule has 1 saturated heterocycles. The van der Waals surface area contributed by atoms with E-state index in [2.05, 4.69) is 0 Å². The number of carbonyl (C=O) groups is 2. The zero-order valence-electron chi connectivity index (χ0n) is 10.6. The molecule has 2 rings (SSSR count). The maximum absolute atomic E-state index is 13.6. The third-order valence-corrected chi connectivity index (χ3v) is 3.60. The fourth-order valence-electron chi connectivity index (χ4n) is 2.40. The Hall–Kier alpha value is -2.05. The van der Waals surface area contributed by atoms with Crippen LogP contribution in [0.5, 0.6) is 0 Å². The molecule has 7 heteroatoms. The summed E-state index contributed by atoms with van der Waals surface area (Å²) >= 11 is 0. The SMILES string of the molecule is CC1C(C(=O)O)CCN1C(=O)c1ccc(F)c(F)c1F. The van der Waals surface area contributed by atoms with Gasteiger partial charge in [0.05, 0.1) is 11.5 Å². The summed E-state index contributed by atoms with van der Waals surface area (Å²) in [5.41, 5.74) is -0.596. The average Bonchev–Trinajstić information content (AvgIpc) is 2.77. The minimum atomic E-state index is -1.71. The minimum Gasteiger partial charge on any atom is -0.481 e. The van der Waals surface area contributed by atoms with Crippen LogP contribution >= 0.6 is 0 Å². The van der Waals surface area contributed by atoms with Crippen molar-refractivity contribution in [3.8, 4) is 0 Å². The molecule has 1 heterocycles. The molecule has 0 spiro atoms. The van der Waals surface area contributed by atoms with Crippen molar-refractivity contribution in [2.45, 2.75) is 19.4 Å². The van der Waals surface area contributed by atoms with Crippen molar-refractivity contribution in [3.05, 3.63) is 35.1 Å².